The fourth-order valence-corrected chi connectivity index (χ4v) is 6.60. The second-order valence-corrected chi connectivity index (χ2v) is 8.06. The maximum atomic E-state index is 4.40. The van der Waals surface area contributed by atoms with Crippen LogP contribution in [0, 0.1) is 35.0 Å². The minimum absolute atomic E-state index is 0.734. The van der Waals surface area contributed by atoms with E-state index in [-0.39, 0.29) is 0 Å². The van der Waals surface area contributed by atoms with Crippen molar-refractivity contribution in [1.29, 1.82) is 0 Å². The first-order chi connectivity index (χ1) is 8.70. The number of allylic oxidation sites excluding steroid dienone is 1. The van der Waals surface area contributed by atoms with Gasteiger partial charge in [0.2, 0.25) is 0 Å². The van der Waals surface area contributed by atoms with Crippen molar-refractivity contribution in [3.05, 3.63) is 12.2 Å². The normalized spacial score (nSPS) is 54.9. The van der Waals surface area contributed by atoms with Crippen molar-refractivity contribution >= 4 is 0 Å². The van der Waals surface area contributed by atoms with E-state index in [1.165, 1.54) is 38.5 Å². The third kappa shape index (κ3) is 1.44. The van der Waals surface area contributed by atoms with Crippen molar-refractivity contribution in [2.45, 2.75) is 64.7 Å². The van der Waals surface area contributed by atoms with Crippen LogP contribution in [-0.4, -0.2) is 0 Å². The maximum Gasteiger partial charge on any atom is -0.0200 e. The standard InChI is InChI=1S/C18H28/c1-12-4-3-5-16-15(12)8-9-18-10-13(2)14(11-18)6-7-17(16)18/h12,14-17H,2-11H2,1H3/t12-,14+,15?,16?,17?,18+/m0/s1. The Labute approximate surface area is 112 Å². The average Bonchev–Trinajstić information content (AvgIpc) is 2.60. The Morgan fingerprint density at radius 2 is 1.94 bits per heavy atom. The zero-order valence-corrected chi connectivity index (χ0v) is 12.0. The molecule has 0 aliphatic heterocycles. The molecule has 0 amide bonds. The van der Waals surface area contributed by atoms with Gasteiger partial charge < -0.3 is 0 Å². The van der Waals surface area contributed by atoms with Gasteiger partial charge in [0.05, 0.1) is 0 Å². The molecule has 4 aliphatic carbocycles. The lowest BCUT2D eigenvalue weighted by Crippen LogP contribution is -2.46. The lowest BCUT2D eigenvalue weighted by Gasteiger charge is -2.55. The Kier molecular flexibility index (Phi) is 2.48. The molecule has 4 saturated carbocycles. The molecule has 0 aromatic heterocycles. The van der Waals surface area contributed by atoms with E-state index < -0.39 is 0 Å². The van der Waals surface area contributed by atoms with Crippen molar-refractivity contribution in [3.8, 4) is 0 Å². The van der Waals surface area contributed by atoms with Crippen LogP contribution in [0.4, 0.5) is 0 Å². The fourth-order valence-electron chi connectivity index (χ4n) is 6.60. The van der Waals surface area contributed by atoms with Crippen LogP contribution in [-0.2, 0) is 0 Å². The molecule has 6 atom stereocenters. The average molecular weight is 244 g/mol. The Hall–Kier alpha value is -0.260. The van der Waals surface area contributed by atoms with Crippen LogP contribution < -0.4 is 0 Å². The van der Waals surface area contributed by atoms with Crippen LogP contribution in [0.3, 0.4) is 0 Å². The molecule has 0 heteroatoms. The van der Waals surface area contributed by atoms with E-state index in [4.69, 9.17) is 0 Å². The number of rotatable bonds is 0. The maximum absolute atomic E-state index is 4.40. The zero-order chi connectivity index (χ0) is 12.3. The molecule has 4 aliphatic rings. The third-order valence-corrected chi connectivity index (χ3v) is 7.39. The SMILES string of the molecule is C=C1C[C@@]23CCC4C(CCC[C@@H]4C)C2CC[C@@H]1C3. The second kappa shape index (κ2) is 3.87. The summed E-state index contributed by atoms with van der Waals surface area (Å²) in [7, 11) is 0. The highest BCUT2D eigenvalue weighted by atomic mass is 14.6. The molecule has 0 aromatic carbocycles. The molecule has 3 unspecified atom stereocenters. The highest BCUT2D eigenvalue weighted by Crippen LogP contribution is 2.66. The van der Waals surface area contributed by atoms with E-state index in [2.05, 4.69) is 13.5 Å². The highest BCUT2D eigenvalue weighted by Gasteiger charge is 2.56. The Bertz CT molecular complexity index is 368. The highest BCUT2D eigenvalue weighted by molar-refractivity contribution is 5.19. The summed E-state index contributed by atoms with van der Waals surface area (Å²) >= 11 is 0. The lowest BCUT2D eigenvalue weighted by molar-refractivity contribution is -0.0550. The van der Waals surface area contributed by atoms with Crippen molar-refractivity contribution in [2.75, 3.05) is 0 Å². The molecule has 100 valence electrons. The van der Waals surface area contributed by atoms with Gasteiger partial charge in [-0.25, -0.2) is 0 Å². The largest absolute Gasteiger partial charge is 0.0996 e. The minimum atomic E-state index is 0.734. The molecule has 4 rings (SSSR count). The van der Waals surface area contributed by atoms with Gasteiger partial charge >= 0.3 is 0 Å². The Morgan fingerprint density at radius 3 is 2.83 bits per heavy atom. The summed E-state index contributed by atoms with van der Waals surface area (Å²) in [4.78, 5) is 0. The van der Waals surface area contributed by atoms with Crippen molar-refractivity contribution < 1.29 is 0 Å². The summed E-state index contributed by atoms with van der Waals surface area (Å²) in [5.74, 6) is 5.19. The van der Waals surface area contributed by atoms with E-state index in [0.29, 0.717) is 0 Å². The molecular weight excluding hydrogens is 216 g/mol. The van der Waals surface area contributed by atoms with Crippen molar-refractivity contribution in [2.24, 2.45) is 35.0 Å². The van der Waals surface area contributed by atoms with Gasteiger partial charge in [-0.1, -0.05) is 31.9 Å². The van der Waals surface area contributed by atoms with E-state index >= 15 is 0 Å². The number of hydrogen-bond acceptors (Lipinski definition) is 0. The fraction of sp³-hybridized carbons (Fsp3) is 0.889. The summed E-state index contributed by atoms with van der Waals surface area (Å²) in [6.45, 7) is 6.94. The number of hydrogen-bond donors (Lipinski definition) is 0. The van der Waals surface area contributed by atoms with E-state index in [9.17, 15) is 0 Å². The topological polar surface area (TPSA) is 0 Å². The van der Waals surface area contributed by atoms with Crippen LogP contribution >= 0.6 is 0 Å². The van der Waals surface area contributed by atoms with Gasteiger partial charge in [-0.2, -0.15) is 0 Å². The second-order valence-electron chi connectivity index (χ2n) is 8.06. The molecule has 2 bridgehead atoms. The van der Waals surface area contributed by atoms with Gasteiger partial charge in [-0.3, -0.25) is 0 Å². The van der Waals surface area contributed by atoms with Crippen LogP contribution in [0.2, 0.25) is 0 Å². The van der Waals surface area contributed by atoms with Crippen molar-refractivity contribution in [1.82, 2.24) is 0 Å². The Balaban J connectivity index is 1.66. The predicted octanol–water partition coefficient (Wildman–Crippen LogP) is 5.20. The monoisotopic (exact) mass is 244 g/mol. The minimum Gasteiger partial charge on any atom is -0.0996 e. The molecule has 0 N–H and O–H groups in total. The van der Waals surface area contributed by atoms with Crippen LogP contribution in [0.5, 0.6) is 0 Å². The van der Waals surface area contributed by atoms with Gasteiger partial charge in [0.1, 0.15) is 0 Å². The predicted molar refractivity (Wildman–Crippen MR) is 76.3 cm³/mol. The smallest absolute Gasteiger partial charge is 0.0200 e. The first-order valence-electron chi connectivity index (χ1n) is 8.37. The summed E-state index contributed by atoms with van der Waals surface area (Å²) < 4.78 is 0. The lowest BCUT2D eigenvalue weighted by atomic mass is 9.50. The Morgan fingerprint density at radius 1 is 1.06 bits per heavy atom. The quantitative estimate of drug-likeness (QED) is 0.514. The number of fused-ring (bicyclic) bond motifs is 3. The van der Waals surface area contributed by atoms with Crippen LogP contribution in [0.1, 0.15) is 64.7 Å². The van der Waals surface area contributed by atoms with E-state index in [1.54, 1.807) is 24.8 Å². The first kappa shape index (κ1) is 11.6. The summed E-state index contributed by atoms with van der Waals surface area (Å²) in [6, 6.07) is 0. The summed E-state index contributed by atoms with van der Waals surface area (Å²) in [5.41, 5.74) is 2.36. The van der Waals surface area contributed by atoms with Gasteiger partial charge in [-0.15, -0.1) is 0 Å². The third-order valence-electron chi connectivity index (χ3n) is 7.39. The molecule has 0 nitrogen and oxygen atoms in total. The van der Waals surface area contributed by atoms with E-state index in [1.807, 2.05) is 0 Å². The first-order valence-corrected chi connectivity index (χ1v) is 8.37. The van der Waals surface area contributed by atoms with Crippen LogP contribution in [0.15, 0.2) is 12.2 Å². The zero-order valence-electron chi connectivity index (χ0n) is 12.0. The van der Waals surface area contributed by atoms with Crippen molar-refractivity contribution in [3.63, 3.8) is 0 Å². The molecule has 1 spiro atoms. The molecule has 0 saturated heterocycles. The summed E-state index contributed by atoms with van der Waals surface area (Å²) in [6.07, 6.45) is 13.6. The van der Waals surface area contributed by atoms with Gasteiger partial charge in [0, 0.05) is 0 Å². The molecular formula is C18H28. The molecule has 18 heavy (non-hydrogen) atoms. The van der Waals surface area contributed by atoms with Gasteiger partial charge in [-0.05, 0) is 80.0 Å². The van der Waals surface area contributed by atoms with Crippen LogP contribution in [0.25, 0.3) is 0 Å². The molecule has 4 fully saturated rings. The van der Waals surface area contributed by atoms with Gasteiger partial charge in [0.25, 0.3) is 0 Å². The van der Waals surface area contributed by atoms with Gasteiger partial charge in [0.15, 0.2) is 0 Å². The summed E-state index contributed by atoms with van der Waals surface area (Å²) in [5, 5.41) is 0. The van der Waals surface area contributed by atoms with E-state index in [0.717, 1.165) is 35.0 Å². The molecule has 0 aromatic rings. The molecule has 0 radical (unpaired) electrons. The molecule has 0 heterocycles.